The molecule has 0 bridgehead atoms. The predicted molar refractivity (Wildman–Crippen MR) is 48.8 cm³/mol. The van der Waals surface area contributed by atoms with Crippen molar-refractivity contribution in [2.75, 3.05) is 6.61 Å². The van der Waals surface area contributed by atoms with Crippen LogP contribution in [0.2, 0.25) is 0 Å². The lowest BCUT2D eigenvalue weighted by molar-refractivity contribution is -0.141. The normalized spacial score (nSPS) is 11.3. The van der Waals surface area contributed by atoms with Crippen LogP contribution in [0.1, 0.15) is 40.0 Å². The average molecular weight is 173 g/mol. The Hall–Kier alpha value is -0.570. The molecule has 2 N–H and O–H groups in total. The summed E-state index contributed by atoms with van der Waals surface area (Å²) in [5.74, 6) is -0.206. The number of esters is 1. The van der Waals surface area contributed by atoms with Crippen molar-refractivity contribution in [3.63, 3.8) is 0 Å². The van der Waals surface area contributed by atoms with Gasteiger partial charge in [0.2, 0.25) is 0 Å². The van der Waals surface area contributed by atoms with Crippen molar-refractivity contribution in [3.8, 4) is 0 Å². The molecule has 0 aliphatic heterocycles. The Balaban J connectivity index is 3.17. The summed E-state index contributed by atoms with van der Waals surface area (Å²) in [6.07, 6.45) is 2.88. The molecular weight excluding hydrogens is 154 g/mol. The molecule has 0 aromatic carbocycles. The molecule has 3 nitrogen and oxygen atoms in total. The van der Waals surface area contributed by atoms with Crippen molar-refractivity contribution in [1.29, 1.82) is 0 Å². The van der Waals surface area contributed by atoms with E-state index in [1.165, 1.54) is 6.92 Å². The summed E-state index contributed by atoms with van der Waals surface area (Å²) < 4.78 is 4.78. The second-order valence-corrected chi connectivity index (χ2v) is 3.79. The number of ether oxygens (including phenoxy) is 1. The van der Waals surface area contributed by atoms with Crippen LogP contribution < -0.4 is 5.73 Å². The van der Waals surface area contributed by atoms with Gasteiger partial charge in [0.15, 0.2) is 0 Å². The number of hydrogen-bond acceptors (Lipinski definition) is 3. The molecule has 0 saturated carbocycles. The minimum atomic E-state index is -0.206. The third-order valence-corrected chi connectivity index (χ3v) is 1.52. The van der Waals surface area contributed by atoms with Crippen molar-refractivity contribution in [1.82, 2.24) is 0 Å². The Morgan fingerprint density at radius 3 is 2.42 bits per heavy atom. The van der Waals surface area contributed by atoms with Gasteiger partial charge in [-0.3, -0.25) is 4.79 Å². The van der Waals surface area contributed by atoms with E-state index < -0.39 is 0 Å². The zero-order chi connectivity index (χ0) is 9.61. The second kappa shape index (κ2) is 5.14. The molecule has 0 radical (unpaired) electrons. The van der Waals surface area contributed by atoms with Crippen molar-refractivity contribution in [2.45, 2.75) is 45.6 Å². The van der Waals surface area contributed by atoms with Gasteiger partial charge in [-0.05, 0) is 33.1 Å². The van der Waals surface area contributed by atoms with Crippen molar-refractivity contribution >= 4 is 5.97 Å². The maximum atomic E-state index is 10.4. The van der Waals surface area contributed by atoms with E-state index in [9.17, 15) is 4.79 Å². The molecule has 0 aromatic rings. The number of carbonyl (C=O) groups excluding carboxylic acids is 1. The predicted octanol–water partition coefficient (Wildman–Crippen LogP) is 1.46. The first-order chi connectivity index (χ1) is 5.42. The summed E-state index contributed by atoms with van der Waals surface area (Å²) in [4.78, 5) is 10.4. The molecule has 0 spiro atoms. The SMILES string of the molecule is CC(=O)OCCCCC(C)(C)N. The summed E-state index contributed by atoms with van der Waals surface area (Å²) in [5.41, 5.74) is 5.67. The molecule has 3 heteroatoms. The first kappa shape index (κ1) is 11.4. The van der Waals surface area contributed by atoms with E-state index >= 15 is 0 Å². The van der Waals surface area contributed by atoms with Gasteiger partial charge in [-0.1, -0.05) is 0 Å². The van der Waals surface area contributed by atoms with E-state index in [0.717, 1.165) is 19.3 Å². The van der Waals surface area contributed by atoms with Crippen LogP contribution in [0.25, 0.3) is 0 Å². The van der Waals surface area contributed by atoms with Gasteiger partial charge in [-0.2, -0.15) is 0 Å². The van der Waals surface area contributed by atoms with Crippen LogP contribution in [0.3, 0.4) is 0 Å². The van der Waals surface area contributed by atoms with Crippen LogP contribution >= 0.6 is 0 Å². The molecule has 0 aliphatic carbocycles. The summed E-state index contributed by atoms with van der Waals surface area (Å²) in [6.45, 7) is 5.94. The van der Waals surface area contributed by atoms with Crippen molar-refractivity contribution in [3.05, 3.63) is 0 Å². The molecule has 12 heavy (non-hydrogen) atoms. The average Bonchev–Trinajstić information content (AvgIpc) is 1.83. The Kier molecular flexibility index (Phi) is 4.90. The van der Waals surface area contributed by atoms with Crippen molar-refractivity contribution in [2.24, 2.45) is 5.73 Å². The number of rotatable bonds is 5. The van der Waals surface area contributed by atoms with Gasteiger partial charge >= 0.3 is 5.97 Å². The minimum Gasteiger partial charge on any atom is -0.466 e. The van der Waals surface area contributed by atoms with E-state index in [1.807, 2.05) is 13.8 Å². The lowest BCUT2D eigenvalue weighted by atomic mass is 9.99. The second-order valence-electron chi connectivity index (χ2n) is 3.79. The van der Waals surface area contributed by atoms with E-state index in [1.54, 1.807) is 0 Å². The molecule has 0 saturated heterocycles. The third-order valence-electron chi connectivity index (χ3n) is 1.52. The van der Waals surface area contributed by atoms with Gasteiger partial charge in [0.25, 0.3) is 0 Å². The summed E-state index contributed by atoms with van der Waals surface area (Å²) in [6, 6.07) is 0. The molecule has 0 heterocycles. The summed E-state index contributed by atoms with van der Waals surface area (Å²) in [7, 11) is 0. The van der Waals surface area contributed by atoms with Crippen molar-refractivity contribution < 1.29 is 9.53 Å². The Morgan fingerprint density at radius 1 is 1.42 bits per heavy atom. The van der Waals surface area contributed by atoms with E-state index in [4.69, 9.17) is 10.5 Å². The monoisotopic (exact) mass is 173 g/mol. The topological polar surface area (TPSA) is 52.3 Å². The molecule has 0 fully saturated rings. The minimum absolute atomic E-state index is 0.101. The Bertz CT molecular complexity index is 138. The third kappa shape index (κ3) is 9.43. The van der Waals surface area contributed by atoms with Crippen LogP contribution in [-0.4, -0.2) is 18.1 Å². The van der Waals surface area contributed by atoms with Gasteiger partial charge in [-0.15, -0.1) is 0 Å². The van der Waals surface area contributed by atoms with Crippen LogP contribution in [-0.2, 0) is 9.53 Å². The largest absolute Gasteiger partial charge is 0.466 e. The molecule has 0 atom stereocenters. The lowest BCUT2D eigenvalue weighted by Crippen LogP contribution is -2.31. The molecular formula is C9H19NO2. The standard InChI is InChI=1S/C9H19NO2/c1-8(11)12-7-5-4-6-9(2,3)10/h4-7,10H2,1-3H3. The molecule has 0 amide bonds. The van der Waals surface area contributed by atoms with Gasteiger partial charge in [0.05, 0.1) is 6.61 Å². The zero-order valence-electron chi connectivity index (χ0n) is 8.22. The van der Waals surface area contributed by atoms with Gasteiger partial charge in [0, 0.05) is 12.5 Å². The summed E-state index contributed by atoms with van der Waals surface area (Å²) in [5, 5.41) is 0. The maximum Gasteiger partial charge on any atom is 0.302 e. The highest BCUT2D eigenvalue weighted by Gasteiger charge is 2.09. The zero-order valence-corrected chi connectivity index (χ0v) is 8.22. The fourth-order valence-electron chi connectivity index (χ4n) is 0.899. The van der Waals surface area contributed by atoms with Gasteiger partial charge < -0.3 is 10.5 Å². The van der Waals surface area contributed by atoms with Gasteiger partial charge in [0.1, 0.15) is 0 Å². The Morgan fingerprint density at radius 2 is 2.00 bits per heavy atom. The Labute approximate surface area is 74.3 Å². The molecule has 0 aromatic heterocycles. The van der Waals surface area contributed by atoms with E-state index in [2.05, 4.69) is 0 Å². The lowest BCUT2D eigenvalue weighted by Gasteiger charge is -2.17. The number of nitrogens with two attached hydrogens (primary N) is 1. The molecule has 72 valence electrons. The molecule has 0 aliphatic rings. The fraction of sp³-hybridized carbons (Fsp3) is 0.889. The number of unbranched alkanes of at least 4 members (excludes halogenated alkanes) is 1. The van der Waals surface area contributed by atoms with E-state index in [0.29, 0.717) is 6.61 Å². The van der Waals surface area contributed by atoms with Crippen LogP contribution in [0.5, 0.6) is 0 Å². The van der Waals surface area contributed by atoms with E-state index in [-0.39, 0.29) is 11.5 Å². The quantitative estimate of drug-likeness (QED) is 0.506. The first-order valence-corrected chi connectivity index (χ1v) is 4.34. The molecule has 0 unspecified atom stereocenters. The fourth-order valence-corrected chi connectivity index (χ4v) is 0.899. The highest BCUT2D eigenvalue weighted by molar-refractivity contribution is 5.65. The highest BCUT2D eigenvalue weighted by Crippen LogP contribution is 2.08. The van der Waals surface area contributed by atoms with Gasteiger partial charge in [-0.25, -0.2) is 0 Å². The summed E-state index contributed by atoms with van der Waals surface area (Å²) >= 11 is 0. The first-order valence-electron chi connectivity index (χ1n) is 4.34. The smallest absolute Gasteiger partial charge is 0.302 e. The van der Waals surface area contributed by atoms with Crippen LogP contribution in [0, 0.1) is 0 Å². The number of carbonyl (C=O) groups is 1. The molecule has 0 rings (SSSR count). The maximum absolute atomic E-state index is 10.4. The van der Waals surface area contributed by atoms with Crippen LogP contribution in [0.4, 0.5) is 0 Å². The number of hydrogen-bond donors (Lipinski definition) is 1. The van der Waals surface area contributed by atoms with Crippen LogP contribution in [0.15, 0.2) is 0 Å². The highest BCUT2D eigenvalue weighted by atomic mass is 16.5.